The Kier molecular flexibility index (Phi) is 3.35. The van der Waals surface area contributed by atoms with Crippen LogP contribution in [0.15, 0.2) is 24.4 Å². The average Bonchev–Trinajstić information content (AvgIpc) is 2.63. The van der Waals surface area contributed by atoms with E-state index in [9.17, 15) is 13.6 Å². The lowest BCUT2D eigenvalue weighted by Gasteiger charge is -2.01. The van der Waals surface area contributed by atoms with Crippen molar-refractivity contribution in [2.45, 2.75) is 0 Å². The molecule has 0 aliphatic carbocycles. The lowest BCUT2D eigenvalue weighted by Crippen LogP contribution is -2.10. The quantitative estimate of drug-likeness (QED) is 0.854. The number of amides is 1. The predicted octanol–water partition coefficient (Wildman–Crippen LogP) is 3.33. The van der Waals surface area contributed by atoms with Crippen molar-refractivity contribution in [1.29, 1.82) is 0 Å². The number of rotatable bonds is 2. The number of aromatic nitrogens is 1. The van der Waals surface area contributed by atoms with Crippen molar-refractivity contribution in [2.24, 2.45) is 0 Å². The highest BCUT2D eigenvalue weighted by Crippen LogP contribution is 2.20. The van der Waals surface area contributed by atoms with Crippen LogP contribution in [-0.2, 0) is 0 Å². The van der Waals surface area contributed by atoms with Gasteiger partial charge < -0.3 is 5.32 Å². The third-order valence-corrected chi connectivity index (χ3v) is 2.98. The zero-order valence-corrected chi connectivity index (χ0v) is 9.78. The minimum atomic E-state index is -1.03. The molecule has 0 aliphatic rings. The maximum Gasteiger partial charge on any atom is 0.265 e. The van der Waals surface area contributed by atoms with E-state index in [4.69, 9.17) is 11.6 Å². The zero-order chi connectivity index (χ0) is 12.4. The smallest absolute Gasteiger partial charge is 0.265 e. The Morgan fingerprint density at radius 2 is 2.18 bits per heavy atom. The van der Waals surface area contributed by atoms with Crippen molar-refractivity contribution in [3.05, 3.63) is 45.4 Å². The van der Waals surface area contributed by atoms with Crippen molar-refractivity contribution in [3.8, 4) is 0 Å². The highest BCUT2D eigenvalue weighted by atomic mass is 35.5. The van der Waals surface area contributed by atoms with Gasteiger partial charge in [-0.3, -0.25) is 4.79 Å². The Morgan fingerprint density at radius 1 is 1.41 bits per heavy atom. The third kappa shape index (κ3) is 2.78. The number of carbonyl (C=O) groups is 1. The van der Waals surface area contributed by atoms with Gasteiger partial charge in [0.05, 0.1) is 16.8 Å². The first-order valence-corrected chi connectivity index (χ1v) is 5.63. The summed E-state index contributed by atoms with van der Waals surface area (Å²) < 4.78 is 25.4. The number of halogens is 3. The van der Waals surface area contributed by atoms with Crippen LogP contribution < -0.4 is 5.32 Å². The molecule has 1 amide bonds. The van der Waals surface area contributed by atoms with Gasteiger partial charge in [0.2, 0.25) is 5.13 Å². The van der Waals surface area contributed by atoms with Gasteiger partial charge in [0.25, 0.3) is 5.91 Å². The molecule has 0 bridgehead atoms. The molecule has 2 aromatic rings. The summed E-state index contributed by atoms with van der Waals surface area (Å²) in [5.41, 5.74) is 0.397. The van der Waals surface area contributed by atoms with E-state index in [1.165, 1.54) is 18.3 Å². The van der Waals surface area contributed by atoms with Gasteiger partial charge in [-0.05, 0) is 12.1 Å². The fourth-order valence-electron chi connectivity index (χ4n) is 1.10. The maximum atomic E-state index is 12.7. The van der Waals surface area contributed by atoms with Gasteiger partial charge in [0.1, 0.15) is 5.15 Å². The summed E-state index contributed by atoms with van der Waals surface area (Å²) in [6, 6.07) is 3.87. The van der Waals surface area contributed by atoms with Crippen LogP contribution in [0.25, 0.3) is 0 Å². The Labute approximate surface area is 104 Å². The second-order valence-corrected chi connectivity index (χ2v) is 4.45. The van der Waals surface area contributed by atoms with Crippen molar-refractivity contribution >= 4 is 34.5 Å². The molecule has 0 aromatic carbocycles. The molecule has 17 heavy (non-hydrogen) atoms. The van der Waals surface area contributed by atoms with Gasteiger partial charge in [-0.15, -0.1) is 0 Å². The van der Waals surface area contributed by atoms with Crippen LogP contribution in [0.5, 0.6) is 0 Å². The summed E-state index contributed by atoms with van der Waals surface area (Å²) in [7, 11) is 0. The van der Waals surface area contributed by atoms with Gasteiger partial charge in [-0.2, -0.15) is 4.39 Å². The van der Waals surface area contributed by atoms with E-state index in [1.807, 2.05) is 0 Å². The van der Waals surface area contributed by atoms with Crippen molar-refractivity contribution in [2.75, 3.05) is 5.32 Å². The summed E-state index contributed by atoms with van der Waals surface area (Å²) in [4.78, 5) is 15.3. The van der Waals surface area contributed by atoms with Crippen molar-refractivity contribution in [3.63, 3.8) is 0 Å². The lowest BCUT2D eigenvalue weighted by atomic mass is 10.4. The van der Waals surface area contributed by atoms with Gasteiger partial charge in [-0.1, -0.05) is 22.9 Å². The number of hydrogen-bond donors (Lipinski definition) is 1. The number of anilines is 1. The predicted molar refractivity (Wildman–Crippen MR) is 61.4 cm³/mol. The topological polar surface area (TPSA) is 42.0 Å². The highest BCUT2D eigenvalue weighted by molar-refractivity contribution is 7.12. The minimum Gasteiger partial charge on any atom is -0.320 e. The van der Waals surface area contributed by atoms with Crippen LogP contribution in [0.1, 0.15) is 9.67 Å². The van der Waals surface area contributed by atoms with Crippen LogP contribution in [0, 0.1) is 10.9 Å². The minimum absolute atomic E-state index is 0.0463. The summed E-state index contributed by atoms with van der Waals surface area (Å²) in [6.07, 6.45) is 1.35. The lowest BCUT2D eigenvalue weighted by molar-refractivity contribution is 0.103. The molecule has 0 radical (unpaired) electrons. The van der Waals surface area contributed by atoms with Crippen LogP contribution in [0.2, 0.25) is 5.15 Å². The molecule has 2 aromatic heterocycles. The van der Waals surface area contributed by atoms with Crippen LogP contribution in [0.4, 0.5) is 14.5 Å². The molecule has 0 saturated heterocycles. The molecular weight excluding hydrogens is 270 g/mol. The molecule has 0 atom stereocenters. The van der Waals surface area contributed by atoms with E-state index >= 15 is 0 Å². The molecule has 7 heteroatoms. The number of nitrogens with zero attached hydrogens (tertiary/aromatic N) is 1. The Morgan fingerprint density at radius 3 is 2.71 bits per heavy atom. The van der Waals surface area contributed by atoms with Crippen LogP contribution in [0.3, 0.4) is 0 Å². The zero-order valence-electron chi connectivity index (χ0n) is 8.21. The Hall–Kier alpha value is -1.53. The third-order valence-electron chi connectivity index (χ3n) is 1.85. The first-order valence-electron chi connectivity index (χ1n) is 4.44. The number of pyridine rings is 1. The summed E-state index contributed by atoms with van der Waals surface area (Å²) >= 11 is 6.01. The number of hydrogen-bond acceptors (Lipinski definition) is 3. The van der Waals surface area contributed by atoms with Crippen LogP contribution >= 0.6 is 22.9 Å². The number of nitrogens with one attached hydrogen (secondary N) is 1. The Balaban J connectivity index is 2.14. The van der Waals surface area contributed by atoms with E-state index in [1.54, 1.807) is 0 Å². The molecule has 0 spiro atoms. The van der Waals surface area contributed by atoms with Gasteiger partial charge in [0, 0.05) is 6.07 Å². The number of thiophene rings is 1. The largest absolute Gasteiger partial charge is 0.320 e. The standard InChI is InChI=1S/C10H5ClF2N2OS/c11-8-2-1-5(4-14-8)15-10(16)7-3-6(12)9(13)17-7/h1-4H,(H,15,16). The maximum absolute atomic E-state index is 12.7. The fraction of sp³-hybridized carbons (Fsp3) is 0. The molecule has 3 nitrogen and oxygen atoms in total. The van der Waals surface area contributed by atoms with Crippen LogP contribution in [-0.4, -0.2) is 10.9 Å². The van der Waals surface area contributed by atoms with Gasteiger partial charge in [-0.25, -0.2) is 9.37 Å². The van der Waals surface area contributed by atoms with E-state index in [2.05, 4.69) is 10.3 Å². The summed E-state index contributed by atoms with van der Waals surface area (Å²) in [5, 5.41) is 1.72. The summed E-state index contributed by atoms with van der Waals surface area (Å²) in [5.74, 6) is -1.63. The SMILES string of the molecule is O=C(Nc1ccc(Cl)nc1)c1cc(F)c(F)s1. The first-order chi connectivity index (χ1) is 8.06. The molecular formula is C10H5ClF2N2OS. The van der Waals surface area contributed by atoms with Gasteiger partial charge in [0.15, 0.2) is 5.82 Å². The van der Waals surface area contributed by atoms with Crippen molar-refractivity contribution in [1.82, 2.24) is 4.98 Å². The second kappa shape index (κ2) is 4.77. The molecule has 0 fully saturated rings. The van der Waals surface area contributed by atoms with Gasteiger partial charge >= 0.3 is 0 Å². The second-order valence-electron chi connectivity index (χ2n) is 3.06. The van der Waals surface area contributed by atoms with E-state index < -0.39 is 16.9 Å². The first kappa shape index (κ1) is 11.9. The van der Waals surface area contributed by atoms with E-state index in [-0.39, 0.29) is 10.0 Å². The summed E-state index contributed by atoms with van der Waals surface area (Å²) in [6.45, 7) is 0. The van der Waals surface area contributed by atoms with E-state index in [0.717, 1.165) is 6.07 Å². The normalized spacial score (nSPS) is 10.3. The molecule has 88 valence electrons. The molecule has 0 aliphatic heterocycles. The number of carbonyl (C=O) groups excluding carboxylic acids is 1. The molecule has 2 heterocycles. The van der Waals surface area contributed by atoms with E-state index in [0.29, 0.717) is 17.0 Å². The fourth-order valence-corrected chi connectivity index (χ4v) is 1.87. The average molecular weight is 275 g/mol. The molecule has 0 saturated carbocycles. The monoisotopic (exact) mass is 274 g/mol. The Bertz CT molecular complexity index is 536. The molecule has 0 unspecified atom stereocenters. The molecule has 1 N–H and O–H groups in total. The van der Waals surface area contributed by atoms with Crippen molar-refractivity contribution < 1.29 is 13.6 Å². The molecule has 2 rings (SSSR count). The highest BCUT2D eigenvalue weighted by Gasteiger charge is 2.14.